The molecule has 1 saturated carbocycles. The highest BCUT2D eigenvalue weighted by Crippen LogP contribution is 2.38. The number of nitrogens with zero attached hydrogens (tertiary/aromatic N) is 4. The number of aryl methyl sites for hydroxylation is 2. The molecule has 1 fully saturated rings. The average Bonchev–Trinajstić information content (AvgIpc) is 2.99. The van der Waals surface area contributed by atoms with Crippen molar-refractivity contribution in [2.45, 2.75) is 63.7 Å². The number of amides is 2. The van der Waals surface area contributed by atoms with Gasteiger partial charge in [-0.3, -0.25) is 14.5 Å². The third-order valence-corrected chi connectivity index (χ3v) is 7.18. The van der Waals surface area contributed by atoms with Gasteiger partial charge in [0.1, 0.15) is 10.6 Å². The quantitative estimate of drug-likeness (QED) is 0.442. The summed E-state index contributed by atoms with van der Waals surface area (Å²) in [5, 5.41) is 1.11. The molecule has 0 radical (unpaired) electrons. The molecule has 32 heavy (non-hydrogen) atoms. The summed E-state index contributed by atoms with van der Waals surface area (Å²) in [6, 6.07) is 9.35. The number of carbonyl (C=O) groups excluding carboxylic acids is 2. The maximum absolute atomic E-state index is 13.5. The Morgan fingerprint density at radius 3 is 2.28 bits per heavy atom. The molecule has 1 aromatic carbocycles. The van der Waals surface area contributed by atoms with Crippen LogP contribution in [0, 0.1) is 13.8 Å². The number of hydrogen-bond acceptors (Lipinski definition) is 6. The third-order valence-electron chi connectivity index (χ3n) is 5.99. The molecule has 0 spiro atoms. The van der Waals surface area contributed by atoms with E-state index in [1.807, 2.05) is 44.0 Å². The minimum atomic E-state index is -0.296. The lowest BCUT2D eigenvalue weighted by Crippen LogP contribution is -2.38. The van der Waals surface area contributed by atoms with Crippen LogP contribution >= 0.6 is 23.4 Å². The van der Waals surface area contributed by atoms with Gasteiger partial charge in [0.25, 0.3) is 11.8 Å². The topological polar surface area (TPSA) is 66.4 Å². The van der Waals surface area contributed by atoms with Crippen molar-refractivity contribution >= 4 is 35.2 Å². The van der Waals surface area contributed by atoms with Crippen molar-refractivity contribution in [1.29, 1.82) is 0 Å². The Morgan fingerprint density at radius 2 is 1.66 bits per heavy atom. The highest BCUT2D eigenvalue weighted by Gasteiger charge is 2.42. The molecule has 0 bridgehead atoms. The van der Waals surface area contributed by atoms with Gasteiger partial charge in [-0.1, -0.05) is 43.0 Å². The number of likely N-dealkylation sites (N-methyl/N-ethyl adjacent to an activating group) is 1. The van der Waals surface area contributed by atoms with Crippen LogP contribution in [0.25, 0.3) is 0 Å². The van der Waals surface area contributed by atoms with E-state index in [0.29, 0.717) is 20.8 Å². The Labute approximate surface area is 198 Å². The average molecular weight is 471 g/mol. The summed E-state index contributed by atoms with van der Waals surface area (Å²) in [7, 11) is 1.94. The van der Waals surface area contributed by atoms with Gasteiger partial charge in [0, 0.05) is 29.5 Å². The van der Waals surface area contributed by atoms with Gasteiger partial charge in [-0.15, -0.1) is 0 Å². The van der Waals surface area contributed by atoms with Gasteiger partial charge >= 0.3 is 0 Å². The van der Waals surface area contributed by atoms with Crippen LogP contribution in [-0.4, -0.2) is 44.7 Å². The van der Waals surface area contributed by atoms with Crippen molar-refractivity contribution in [1.82, 2.24) is 19.8 Å². The van der Waals surface area contributed by atoms with Crippen LogP contribution in [0.15, 0.2) is 46.1 Å². The molecule has 1 aliphatic carbocycles. The summed E-state index contributed by atoms with van der Waals surface area (Å²) in [5.74, 6) is -0.555. The van der Waals surface area contributed by atoms with E-state index in [1.54, 1.807) is 12.1 Å². The normalized spacial score (nSPS) is 17.4. The van der Waals surface area contributed by atoms with E-state index in [-0.39, 0.29) is 24.4 Å². The fraction of sp³-hybridized carbons (Fsp3) is 0.417. The second kappa shape index (κ2) is 9.63. The van der Waals surface area contributed by atoms with E-state index >= 15 is 0 Å². The zero-order chi connectivity index (χ0) is 22.8. The number of imide groups is 1. The molecular weight excluding hydrogens is 444 g/mol. The van der Waals surface area contributed by atoms with Crippen molar-refractivity contribution in [3.8, 4) is 0 Å². The molecule has 1 aromatic heterocycles. The Kier molecular flexibility index (Phi) is 6.86. The Balaban J connectivity index is 1.68. The minimum absolute atomic E-state index is 0.203. The minimum Gasteiger partial charge on any atom is -0.366 e. The second-order valence-corrected chi connectivity index (χ2v) is 9.85. The van der Waals surface area contributed by atoms with Crippen LogP contribution in [0.1, 0.15) is 49.1 Å². The van der Waals surface area contributed by atoms with Gasteiger partial charge in [0.15, 0.2) is 5.16 Å². The van der Waals surface area contributed by atoms with Gasteiger partial charge in [-0.05, 0) is 62.2 Å². The van der Waals surface area contributed by atoms with Crippen molar-refractivity contribution in [2.75, 3.05) is 7.05 Å². The van der Waals surface area contributed by atoms with Crippen molar-refractivity contribution in [3.05, 3.63) is 62.9 Å². The maximum Gasteiger partial charge on any atom is 0.278 e. The van der Waals surface area contributed by atoms with Gasteiger partial charge < -0.3 is 4.90 Å². The fourth-order valence-corrected chi connectivity index (χ4v) is 5.55. The molecule has 6 nitrogen and oxygen atoms in total. The monoisotopic (exact) mass is 470 g/mol. The van der Waals surface area contributed by atoms with Crippen LogP contribution in [0.4, 0.5) is 0 Å². The molecule has 168 valence electrons. The van der Waals surface area contributed by atoms with Crippen molar-refractivity contribution in [2.24, 2.45) is 0 Å². The molecule has 2 amide bonds. The molecule has 2 heterocycles. The van der Waals surface area contributed by atoms with E-state index in [2.05, 4.69) is 9.97 Å². The number of carbonyl (C=O) groups is 2. The highest BCUT2D eigenvalue weighted by molar-refractivity contribution is 8.04. The number of halogens is 1. The molecule has 8 heteroatoms. The first kappa shape index (κ1) is 22.8. The van der Waals surface area contributed by atoms with Gasteiger partial charge in [-0.2, -0.15) is 0 Å². The Hall–Kier alpha value is -2.38. The smallest absolute Gasteiger partial charge is 0.278 e. The molecule has 0 N–H and O–H groups in total. The largest absolute Gasteiger partial charge is 0.366 e. The zero-order valence-electron chi connectivity index (χ0n) is 18.6. The summed E-state index contributed by atoms with van der Waals surface area (Å²) in [5.41, 5.74) is 2.98. The molecule has 4 rings (SSSR count). The molecule has 0 saturated heterocycles. The van der Waals surface area contributed by atoms with Crippen LogP contribution in [0.2, 0.25) is 5.02 Å². The number of hydrogen-bond donors (Lipinski definition) is 0. The zero-order valence-corrected chi connectivity index (χ0v) is 20.2. The number of benzene rings is 1. The summed E-state index contributed by atoms with van der Waals surface area (Å²) >= 11 is 7.19. The Morgan fingerprint density at radius 1 is 1.03 bits per heavy atom. The lowest BCUT2D eigenvalue weighted by atomic mass is 9.94. The molecular formula is C24H27ClN4O2S. The summed E-state index contributed by atoms with van der Waals surface area (Å²) in [6.07, 6.45) is 5.55. The molecule has 0 atom stereocenters. The van der Waals surface area contributed by atoms with E-state index in [4.69, 9.17) is 11.6 Å². The third kappa shape index (κ3) is 4.84. The van der Waals surface area contributed by atoms with Crippen LogP contribution in [0.5, 0.6) is 0 Å². The van der Waals surface area contributed by atoms with Gasteiger partial charge in [0.2, 0.25) is 0 Å². The lowest BCUT2D eigenvalue weighted by molar-refractivity contribution is -0.138. The number of thioether (sulfide) groups is 1. The van der Waals surface area contributed by atoms with E-state index < -0.39 is 0 Å². The number of rotatable bonds is 6. The van der Waals surface area contributed by atoms with E-state index in [9.17, 15) is 9.59 Å². The van der Waals surface area contributed by atoms with Gasteiger partial charge in [0.05, 0.1) is 6.54 Å². The predicted molar refractivity (Wildman–Crippen MR) is 126 cm³/mol. The number of aromatic nitrogens is 2. The Bertz CT molecular complexity index is 1040. The van der Waals surface area contributed by atoms with Crippen LogP contribution < -0.4 is 0 Å². The first-order valence-electron chi connectivity index (χ1n) is 10.9. The fourth-order valence-electron chi connectivity index (χ4n) is 4.34. The SMILES string of the molecule is Cc1cc(C)nc(SC2=C(N(C)C3CCCCC3)C(=O)N(Cc3ccc(Cl)cc3)C2=O)n1. The van der Waals surface area contributed by atoms with Crippen LogP contribution in [0.3, 0.4) is 0 Å². The predicted octanol–water partition coefficient (Wildman–Crippen LogP) is 4.88. The summed E-state index contributed by atoms with van der Waals surface area (Å²) < 4.78 is 0. The summed E-state index contributed by atoms with van der Waals surface area (Å²) in [4.78, 5) is 39.7. The lowest BCUT2D eigenvalue weighted by Gasteiger charge is -2.33. The van der Waals surface area contributed by atoms with Crippen molar-refractivity contribution in [3.63, 3.8) is 0 Å². The summed E-state index contributed by atoms with van der Waals surface area (Å²) in [6.45, 7) is 4.00. The molecule has 0 unspecified atom stereocenters. The second-order valence-electron chi connectivity index (χ2n) is 8.44. The molecule has 2 aliphatic rings. The van der Waals surface area contributed by atoms with E-state index in [1.165, 1.54) is 23.1 Å². The van der Waals surface area contributed by atoms with E-state index in [0.717, 1.165) is 42.6 Å². The molecule has 2 aromatic rings. The first-order valence-corrected chi connectivity index (χ1v) is 12.1. The standard InChI is InChI=1S/C24H27ClN4O2S/c1-15-13-16(2)27-24(26-15)32-21-20(28(3)19-7-5-4-6-8-19)22(30)29(23(21)31)14-17-9-11-18(25)12-10-17/h9-13,19H,4-8,14H2,1-3H3. The highest BCUT2D eigenvalue weighted by atomic mass is 35.5. The van der Waals surface area contributed by atoms with Gasteiger partial charge in [-0.25, -0.2) is 9.97 Å². The van der Waals surface area contributed by atoms with Crippen molar-refractivity contribution < 1.29 is 9.59 Å². The maximum atomic E-state index is 13.5. The van der Waals surface area contributed by atoms with Crippen LogP contribution in [-0.2, 0) is 16.1 Å². The molecule has 1 aliphatic heterocycles. The first-order chi connectivity index (χ1) is 15.3.